The summed E-state index contributed by atoms with van der Waals surface area (Å²) in [6.07, 6.45) is -1.77. The summed E-state index contributed by atoms with van der Waals surface area (Å²) in [5, 5.41) is 9.05. The Morgan fingerprint density at radius 3 is 2.44 bits per heavy atom. The van der Waals surface area contributed by atoms with E-state index < -0.39 is 28.4 Å². The molecule has 0 radical (unpaired) electrons. The van der Waals surface area contributed by atoms with Crippen LogP contribution in [0.25, 0.3) is 0 Å². The SMILES string of the molecule is COc1ccc(S(=O)(=O)N2[C@@H](OC(=O)O)C[C@@H]3CCN(C(C)=O)C[C@@H]32)cc1. The van der Waals surface area contributed by atoms with E-state index in [0.29, 0.717) is 18.7 Å². The van der Waals surface area contributed by atoms with Crippen molar-refractivity contribution in [2.24, 2.45) is 5.92 Å². The second-order valence-corrected chi connectivity index (χ2v) is 8.51. The maximum atomic E-state index is 13.3. The normalized spacial score (nSPS) is 25.7. The zero-order chi connectivity index (χ0) is 19.8. The average Bonchev–Trinajstić information content (AvgIpc) is 2.98. The summed E-state index contributed by atoms with van der Waals surface area (Å²) in [6.45, 7) is 2.17. The van der Waals surface area contributed by atoms with Crippen LogP contribution in [0.5, 0.6) is 5.75 Å². The van der Waals surface area contributed by atoms with E-state index >= 15 is 0 Å². The highest BCUT2D eigenvalue weighted by molar-refractivity contribution is 7.89. The molecule has 3 atom stereocenters. The number of piperidine rings is 1. The van der Waals surface area contributed by atoms with Crippen LogP contribution in [-0.4, -0.2) is 67.3 Å². The molecule has 2 heterocycles. The molecule has 10 heteroatoms. The van der Waals surface area contributed by atoms with Crippen LogP contribution in [0.1, 0.15) is 19.8 Å². The second kappa shape index (κ2) is 7.35. The van der Waals surface area contributed by atoms with Crippen molar-refractivity contribution in [2.75, 3.05) is 20.2 Å². The first-order valence-corrected chi connectivity index (χ1v) is 10.0. The van der Waals surface area contributed by atoms with Gasteiger partial charge in [-0.3, -0.25) is 4.79 Å². The molecule has 1 aromatic rings. The maximum Gasteiger partial charge on any atom is 0.507 e. The Labute approximate surface area is 157 Å². The number of rotatable bonds is 4. The number of hydrogen-bond donors (Lipinski definition) is 1. The van der Waals surface area contributed by atoms with E-state index in [1.807, 2.05) is 0 Å². The minimum atomic E-state index is -4.03. The molecule has 0 bridgehead atoms. The van der Waals surface area contributed by atoms with E-state index in [2.05, 4.69) is 0 Å². The topological polar surface area (TPSA) is 113 Å². The molecule has 0 unspecified atom stereocenters. The molecule has 1 aromatic carbocycles. The van der Waals surface area contributed by atoms with Gasteiger partial charge in [0.2, 0.25) is 15.9 Å². The van der Waals surface area contributed by atoms with Crippen molar-refractivity contribution < 1.29 is 32.6 Å². The van der Waals surface area contributed by atoms with Crippen LogP contribution in [0.2, 0.25) is 0 Å². The third kappa shape index (κ3) is 3.72. The number of amides is 1. The van der Waals surface area contributed by atoms with Gasteiger partial charge in [-0.25, -0.2) is 13.2 Å². The molecular formula is C17H22N2O7S. The number of carbonyl (C=O) groups excluding carboxylic acids is 1. The zero-order valence-corrected chi connectivity index (χ0v) is 15.9. The second-order valence-electron chi connectivity index (χ2n) is 6.67. The van der Waals surface area contributed by atoms with Gasteiger partial charge < -0.3 is 19.5 Å². The molecule has 2 fully saturated rings. The van der Waals surface area contributed by atoms with Crippen molar-refractivity contribution in [1.82, 2.24) is 9.21 Å². The number of ether oxygens (including phenoxy) is 2. The molecule has 2 aliphatic rings. The molecule has 1 amide bonds. The molecule has 0 aliphatic carbocycles. The van der Waals surface area contributed by atoms with Gasteiger partial charge in [0, 0.05) is 32.5 Å². The van der Waals surface area contributed by atoms with E-state index in [0.717, 1.165) is 4.31 Å². The van der Waals surface area contributed by atoms with Crippen LogP contribution >= 0.6 is 0 Å². The monoisotopic (exact) mass is 398 g/mol. The van der Waals surface area contributed by atoms with Crippen molar-refractivity contribution >= 4 is 22.1 Å². The molecule has 0 saturated carbocycles. The van der Waals surface area contributed by atoms with Gasteiger partial charge in [-0.15, -0.1) is 0 Å². The van der Waals surface area contributed by atoms with Gasteiger partial charge in [-0.2, -0.15) is 4.31 Å². The zero-order valence-electron chi connectivity index (χ0n) is 15.1. The lowest BCUT2D eigenvalue weighted by Crippen LogP contribution is -2.52. The quantitative estimate of drug-likeness (QED) is 0.762. The highest BCUT2D eigenvalue weighted by Gasteiger charge is 2.51. The number of likely N-dealkylation sites (tertiary alicyclic amines) is 1. The predicted octanol–water partition coefficient (Wildman–Crippen LogP) is 1.35. The molecule has 27 heavy (non-hydrogen) atoms. The van der Waals surface area contributed by atoms with Crippen molar-refractivity contribution in [3.63, 3.8) is 0 Å². The fourth-order valence-electron chi connectivity index (χ4n) is 3.82. The number of methoxy groups -OCH3 is 1. The number of fused-ring (bicyclic) bond motifs is 1. The Kier molecular flexibility index (Phi) is 5.29. The summed E-state index contributed by atoms with van der Waals surface area (Å²) in [6, 6.07) is 5.33. The van der Waals surface area contributed by atoms with Crippen LogP contribution in [0.3, 0.4) is 0 Å². The van der Waals surface area contributed by atoms with E-state index in [4.69, 9.17) is 14.6 Å². The molecule has 2 saturated heterocycles. The number of benzene rings is 1. The van der Waals surface area contributed by atoms with Crippen LogP contribution in [0, 0.1) is 5.92 Å². The van der Waals surface area contributed by atoms with Crippen LogP contribution < -0.4 is 4.74 Å². The molecule has 148 valence electrons. The average molecular weight is 398 g/mol. The minimum Gasteiger partial charge on any atom is -0.497 e. The fourth-order valence-corrected chi connectivity index (χ4v) is 5.58. The third-order valence-electron chi connectivity index (χ3n) is 5.15. The Balaban J connectivity index is 1.97. The molecule has 0 aromatic heterocycles. The summed E-state index contributed by atoms with van der Waals surface area (Å²) >= 11 is 0. The van der Waals surface area contributed by atoms with E-state index in [1.165, 1.54) is 38.3 Å². The lowest BCUT2D eigenvalue weighted by molar-refractivity contribution is -0.131. The number of nitrogens with zero attached hydrogens (tertiary/aromatic N) is 2. The summed E-state index contributed by atoms with van der Waals surface area (Å²) in [7, 11) is -2.55. The van der Waals surface area contributed by atoms with Crippen LogP contribution in [-0.2, 0) is 19.6 Å². The summed E-state index contributed by atoms with van der Waals surface area (Å²) in [4.78, 5) is 24.5. The van der Waals surface area contributed by atoms with E-state index in [9.17, 15) is 18.0 Å². The fraction of sp³-hybridized carbons (Fsp3) is 0.529. The lowest BCUT2D eigenvalue weighted by atomic mass is 9.92. The largest absolute Gasteiger partial charge is 0.507 e. The van der Waals surface area contributed by atoms with Gasteiger partial charge in [0.1, 0.15) is 5.75 Å². The van der Waals surface area contributed by atoms with Crippen molar-refractivity contribution in [2.45, 2.75) is 36.9 Å². The highest BCUT2D eigenvalue weighted by Crippen LogP contribution is 2.40. The van der Waals surface area contributed by atoms with Crippen LogP contribution in [0.15, 0.2) is 29.2 Å². The lowest BCUT2D eigenvalue weighted by Gasteiger charge is -2.37. The standard InChI is InChI=1S/C17H22N2O7S/c1-11(20)18-8-7-12-9-16(26-17(21)22)19(15(12)10-18)27(23,24)14-5-3-13(25-2)4-6-14/h3-6,12,15-16H,7-10H2,1-2H3,(H,21,22)/t12-,15-,16-/m0/s1. The third-order valence-corrected chi connectivity index (χ3v) is 7.08. The predicted molar refractivity (Wildman–Crippen MR) is 93.7 cm³/mol. The summed E-state index contributed by atoms with van der Waals surface area (Å²) in [5.74, 6) is 0.294. The minimum absolute atomic E-state index is 0.0166. The van der Waals surface area contributed by atoms with Crippen molar-refractivity contribution in [3.05, 3.63) is 24.3 Å². The van der Waals surface area contributed by atoms with Gasteiger partial charge in [0.25, 0.3) is 0 Å². The van der Waals surface area contributed by atoms with Gasteiger partial charge >= 0.3 is 6.16 Å². The Morgan fingerprint density at radius 2 is 1.89 bits per heavy atom. The highest BCUT2D eigenvalue weighted by atomic mass is 32.2. The van der Waals surface area contributed by atoms with Gasteiger partial charge in [-0.05, 0) is 36.6 Å². The van der Waals surface area contributed by atoms with Gasteiger partial charge in [0.15, 0.2) is 6.23 Å². The smallest absolute Gasteiger partial charge is 0.497 e. The van der Waals surface area contributed by atoms with Gasteiger partial charge in [-0.1, -0.05) is 0 Å². The first-order chi connectivity index (χ1) is 12.7. The first-order valence-electron chi connectivity index (χ1n) is 8.56. The maximum absolute atomic E-state index is 13.3. The molecule has 9 nitrogen and oxygen atoms in total. The molecule has 0 spiro atoms. The summed E-state index contributed by atoms with van der Waals surface area (Å²) in [5.41, 5.74) is 0. The Bertz CT molecular complexity index is 824. The van der Waals surface area contributed by atoms with Gasteiger partial charge in [0.05, 0.1) is 12.0 Å². The molecule has 2 aliphatic heterocycles. The Hall–Kier alpha value is -2.33. The van der Waals surface area contributed by atoms with Crippen molar-refractivity contribution in [1.29, 1.82) is 0 Å². The first kappa shape index (κ1) is 19.4. The van der Waals surface area contributed by atoms with Crippen LogP contribution in [0.4, 0.5) is 4.79 Å². The Morgan fingerprint density at radius 1 is 1.22 bits per heavy atom. The molecule has 1 N–H and O–H groups in total. The molecule has 3 rings (SSSR count). The molecular weight excluding hydrogens is 376 g/mol. The number of hydrogen-bond acceptors (Lipinski definition) is 6. The number of carboxylic acid groups (broad SMARTS) is 1. The van der Waals surface area contributed by atoms with E-state index in [-0.39, 0.29) is 29.7 Å². The van der Waals surface area contributed by atoms with Crippen molar-refractivity contribution in [3.8, 4) is 5.75 Å². The number of sulfonamides is 1. The summed E-state index contributed by atoms with van der Waals surface area (Å²) < 4.78 is 37.6. The number of carbonyl (C=O) groups is 2. The van der Waals surface area contributed by atoms with E-state index in [1.54, 1.807) is 4.90 Å².